The number of carboxylic acid groups (broad SMARTS) is 1. The van der Waals surface area contributed by atoms with Gasteiger partial charge in [0.15, 0.2) is 0 Å². The van der Waals surface area contributed by atoms with Crippen LogP contribution in [0.4, 0.5) is 0 Å². The van der Waals surface area contributed by atoms with Gasteiger partial charge in [0.1, 0.15) is 5.78 Å². The van der Waals surface area contributed by atoms with Crippen molar-refractivity contribution in [1.29, 1.82) is 0 Å². The third kappa shape index (κ3) is 3.08. The van der Waals surface area contributed by atoms with Gasteiger partial charge in [0, 0.05) is 24.7 Å². The number of hydrogen-bond donors (Lipinski definition) is 1. The second-order valence-corrected chi connectivity index (χ2v) is 9.81. The summed E-state index contributed by atoms with van der Waals surface area (Å²) in [6.45, 7) is 2.37. The zero-order valence-electron chi connectivity index (χ0n) is 17.5. The summed E-state index contributed by atoms with van der Waals surface area (Å²) in [4.78, 5) is 28.7. The van der Waals surface area contributed by atoms with Gasteiger partial charge in [-0.1, -0.05) is 13.0 Å². The number of rotatable bonds is 4. The fraction of sp³-hybridized carbons (Fsp3) is 0.500. The third-order valence-electron chi connectivity index (χ3n) is 8.49. The number of pyridine rings is 1. The summed E-state index contributed by atoms with van der Waals surface area (Å²) in [5, 5.41) is 9.33. The molecular formula is C26H29NO3. The predicted octanol–water partition coefficient (Wildman–Crippen LogP) is 5.06. The molecule has 5 rings (SSSR count). The first-order valence-corrected chi connectivity index (χ1v) is 11.2. The second kappa shape index (κ2) is 7.33. The lowest BCUT2D eigenvalue weighted by Gasteiger charge is -2.50. The maximum absolute atomic E-state index is 13.3. The summed E-state index contributed by atoms with van der Waals surface area (Å²) >= 11 is 0. The molecule has 0 amide bonds. The lowest BCUT2D eigenvalue weighted by Crippen LogP contribution is -2.44. The molecule has 0 radical (unpaired) electrons. The molecule has 2 saturated carbocycles. The van der Waals surface area contributed by atoms with Gasteiger partial charge in [-0.3, -0.25) is 9.78 Å². The molecule has 156 valence electrons. The van der Waals surface area contributed by atoms with Gasteiger partial charge < -0.3 is 5.11 Å². The molecule has 30 heavy (non-hydrogen) atoms. The van der Waals surface area contributed by atoms with Crippen molar-refractivity contribution in [3.63, 3.8) is 0 Å². The van der Waals surface area contributed by atoms with Crippen molar-refractivity contribution < 1.29 is 14.7 Å². The van der Waals surface area contributed by atoms with Crippen molar-refractivity contribution in [3.8, 4) is 0 Å². The van der Waals surface area contributed by atoms with E-state index in [2.05, 4.69) is 18.0 Å². The largest absolute Gasteiger partial charge is 0.478 e. The molecule has 4 nitrogen and oxygen atoms in total. The number of hydrogen-bond acceptors (Lipinski definition) is 3. The van der Waals surface area contributed by atoms with E-state index >= 15 is 0 Å². The molecule has 0 bridgehead atoms. The van der Waals surface area contributed by atoms with Gasteiger partial charge in [-0.2, -0.15) is 0 Å². The molecule has 1 heterocycles. The zero-order chi connectivity index (χ0) is 20.9. The monoisotopic (exact) mass is 403 g/mol. The number of aryl methyl sites for hydroxylation is 1. The SMILES string of the molecule is C[C@]12CC[C@@H]3c4ccc(C(=O)O)cc4CC[C@H]3[C@@H]1CC[C@@H]2C(=O)Cc1ccncc1. The van der Waals surface area contributed by atoms with E-state index in [-0.39, 0.29) is 11.3 Å². The smallest absolute Gasteiger partial charge is 0.335 e. The average Bonchev–Trinajstić information content (AvgIpc) is 3.11. The van der Waals surface area contributed by atoms with Crippen LogP contribution in [0, 0.1) is 23.2 Å². The van der Waals surface area contributed by atoms with E-state index in [0.717, 1.165) is 44.1 Å². The summed E-state index contributed by atoms with van der Waals surface area (Å²) in [5.41, 5.74) is 4.16. The summed E-state index contributed by atoms with van der Waals surface area (Å²) in [6, 6.07) is 9.63. The van der Waals surface area contributed by atoms with Crippen LogP contribution in [0.5, 0.6) is 0 Å². The Balaban J connectivity index is 1.37. The molecule has 1 aromatic carbocycles. The summed E-state index contributed by atoms with van der Waals surface area (Å²) in [7, 11) is 0. The minimum atomic E-state index is -0.845. The molecule has 0 unspecified atom stereocenters. The molecule has 1 N–H and O–H groups in total. The summed E-state index contributed by atoms with van der Waals surface area (Å²) < 4.78 is 0. The Morgan fingerprint density at radius 1 is 1.10 bits per heavy atom. The fourth-order valence-electron chi connectivity index (χ4n) is 7.07. The number of carboxylic acids is 1. The molecule has 1 aromatic heterocycles. The van der Waals surface area contributed by atoms with Crippen molar-refractivity contribution in [2.24, 2.45) is 23.2 Å². The Hall–Kier alpha value is -2.49. The normalized spacial score (nSPS) is 32.0. The van der Waals surface area contributed by atoms with Gasteiger partial charge >= 0.3 is 5.97 Å². The van der Waals surface area contributed by atoms with E-state index in [1.165, 1.54) is 11.1 Å². The number of benzene rings is 1. The van der Waals surface area contributed by atoms with E-state index < -0.39 is 5.97 Å². The van der Waals surface area contributed by atoms with Crippen LogP contribution in [0.1, 0.15) is 72.0 Å². The molecule has 0 saturated heterocycles. The highest BCUT2D eigenvalue weighted by molar-refractivity contribution is 5.88. The number of carbonyl (C=O) groups is 2. The van der Waals surface area contributed by atoms with E-state index in [4.69, 9.17) is 0 Å². The number of Topliss-reactive ketones (excluding diaryl/α,β-unsaturated/α-hetero) is 1. The number of ketones is 1. The number of nitrogens with zero attached hydrogens (tertiary/aromatic N) is 1. The Kier molecular flexibility index (Phi) is 4.76. The van der Waals surface area contributed by atoms with Crippen LogP contribution in [-0.2, 0) is 17.6 Å². The lowest BCUT2D eigenvalue weighted by molar-refractivity contribution is -0.127. The fourth-order valence-corrected chi connectivity index (χ4v) is 7.07. The van der Waals surface area contributed by atoms with Crippen molar-refractivity contribution in [1.82, 2.24) is 4.98 Å². The Labute approximate surface area is 177 Å². The third-order valence-corrected chi connectivity index (χ3v) is 8.49. The highest BCUT2D eigenvalue weighted by Gasteiger charge is 2.56. The number of carbonyl (C=O) groups excluding carboxylic acids is 1. The number of aromatic nitrogens is 1. The lowest BCUT2D eigenvalue weighted by atomic mass is 9.53. The van der Waals surface area contributed by atoms with E-state index in [9.17, 15) is 14.7 Å². The van der Waals surface area contributed by atoms with E-state index in [0.29, 0.717) is 35.5 Å². The molecule has 2 aromatic rings. The van der Waals surface area contributed by atoms with Gasteiger partial charge in [0.25, 0.3) is 0 Å². The van der Waals surface area contributed by atoms with Gasteiger partial charge in [-0.05, 0) is 103 Å². The highest BCUT2D eigenvalue weighted by Crippen LogP contribution is 2.63. The Morgan fingerprint density at radius 3 is 2.67 bits per heavy atom. The van der Waals surface area contributed by atoms with E-state index in [1.54, 1.807) is 18.5 Å². The van der Waals surface area contributed by atoms with Crippen LogP contribution in [0.25, 0.3) is 0 Å². The summed E-state index contributed by atoms with van der Waals surface area (Å²) in [5.74, 6) is 1.44. The molecule has 0 aliphatic heterocycles. The van der Waals surface area contributed by atoms with Crippen LogP contribution in [0.3, 0.4) is 0 Å². The first-order valence-electron chi connectivity index (χ1n) is 11.2. The maximum Gasteiger partial charge on any atom is 0.335 e. The molecule has 3 aliphatic carbocycles. The maximum atomic E-state index is 13.3. The first kappa shape index (κ1) is 19.5. The van der Waals surface area contributed by atoms with Crippen molar-refractivity contribution in [3.05, 3.63) is 65.0 Å². The topological polar surface area (TPSA) is 67.3 Å². The second-order valence-electron chi connectivity index (χ2n) is 9.81. The van der Waals surface area contributed by atoms with Crippen LogP contribution < -0.4 is 0 Å². The molecule has 2 fully saturated rings. The van der Waals surface area contributed by atoms with Crippen molar-refractivity contribution in [2.75, 3.05) is 0 Å². The predicted molar refractivity (Wildman–Crippen MR) is 114 cm³/mol. The zero-order valence-corrected chi connectivity index (χ0v) is 17.5. The quantitative estimate of drug-likeness (QED) is 0.774. The molecular weight excluding hydrogens is 374 g/mol. The highest BCUT2D eigenvalue weighted by atomic mass is 16.4. The Morgan fingerprint density at radius 2 is 1.90 bits per heavy atom. The molecule has 5 atom stereocenters. The first-order chi connectivity index (χ1) is 14.5. The van der Waals surface area contributed by atoms with Gasteiger partial charge in [0.05, 0.1) is 5.56 Å². The summed E-state index contributed by atoms with van der Waals surface area (Å²) in [6.07, 6.45) is 10.5. The molecule has 4 heteroatoms. The Bertz CT molecular complexity index is 985. The number of fused-ring (bicyclic) bond motifs is 5. The van der Waals surface area contributed by atoms with Gasteiger partial charge in [-0.25, -0.2) is 4.79 Å². The van der Waals surface area contributed by atoms with E-state index in [1.807, 2.05) is 18.2 Å². The van der Waals surface area contributed by atoms with Gasteiger partial charge in [-0.15, -0.1) is 0 Å². The minimum absolute atomic E-state index is 0.101. The van der Waals surface area contributed by atoms with Crippen LogP contribution in [0.2, 0.25) is 0 Å². The van der Waals surface area contributed by atoms with Gasteiger partial charge in [0.2, 0.25) is 0 Å². The van der Waals surface area contributed by atoms with Crippen LogP contribution in [-0.4, -0.2) is 21.8 Å². The molecule has 3 aliphatic rings. The van der Waals surface area contributed by atoms with Crippen molar-refractivity contribution >= 4 is 11.8 Å². The number of aromatic carboxylic acids is 1. The minimum Gasteiger partial charge on any atom is -0.478 e. The van der Waals surface area contributed by atoms with Crippen LogP contribution >= 0.6 is 0 Å². The standard InChI is InChI=1S/C26H29NO3/c1-26-11-8-20-19-4-3-18(25(29)30)15-17(19)2-5-21(20)22(26)6-7-23(26)24(28)14-16-9-12-27-13-10-16/h3-4,9-10,12-13,15,20-23H,2,5-8,11,14H2,1H3,(H,29,30)/t20-,21-,22+,23-,26+/m1/s1. The molecule has 0 spiro atoms. The van der Waals surface area contributed by atoms with Crippen LogP contribution in [0.15, 0.2) is 42.7 Å². The average molecular weight is 404 g/mol. The van der Waals surface area contributed by atoms with Crippen molar-refractivity contribution in [2.45, 2.75) is 57.8 Å².